The number of benzene rings is 2. The van der Waals surface area contributed by atoms with E-state index in [0.717, 1.165) is 0 Å². The summed E-state index contributed by atoms with van der Waals surface area (Å²) in [4.78, 5) is 4.13. The molecule has 0 fully saturated rings. The molecular formula is C15H10N2S. The molecule has 3 heteroatoms. The van der Waals surface area contributed by atoms with Crippen molar-refractivity contribution < 1.29 is 0 Å². The lowest BCUT2D eigenvalue weighted by Crippen LogP contribution is -1.88. The van der Waals surface area contributed by atoms with Crippen molar-refractivity contribution in [3.8, 4) is 5.69 Å². The maximum Gasteiger partial charge on any atom is 0.0992 e. The summed E-state index contributed by atoms with van der Waals surface area (Å²) in [6, 6.07) is 15.0. The number of rotatable bonds is 1. The van der Waals surface area contributed by atoms with Crippen molar-refractivity contribution in [3.63, 3.8) is 0 Å². The summed E-state index contributed by atoms with van der Waals surface area (Å²) in [5.41, 5.74) is 1.20. The van der Waals surface area contributed by atoms with Crippen LogP contribution in [-0.4, -0.2) is 9.55 Å². The normalized spacial score (nSPS) is 11.3. The largest absolute Gasteiger partial charge is 0.305 e. The second-order valence-corrected chi connectivity index (χ2v) is 5.27. The van der Waals surface area contributed by atoms with E-state index in [0.29, 0.717) is 0 Å². The average molecular weight is 250 g/mol. The maximum absolute atomic E-state index is 4.13. The number of aromatic nitrogens is 2. The van der Waals surface area contributed by atoms with Crippen molar-refractivity contribution in [3.05, 3.63) is 61.2 Å². The summed E-state index contributed by atoms with van der Waals surface area (Å²) in [5.74, 6) is 0. The molecule has 2 aromatic carbocycles. The number of nitrogens with zero attached hydrogens (tertiary/aromatic N) is 2. The minimum absolute atomic E-state index is 1.20. The Kier molecular flexibility index (Phi) is 2.02. The van der Waals surface area contributed by atoms with Crippen LogP contribution in [0.1, 0.15) is 0 Å². The van der Waals surface area contributed by atoms with Gasteiger partial charge in [0, 0.05) is 27.9 Å². The second kappa shape index (κ2) is 3.68. The molecule has 0 saturated carbocycles. The van der Waals surface area contributed by atoms with Crippen LogP contribution in [0, 0.1) is 0 Å². The van der Waals surface area contributed by atoms with Gasteiger partial charge in [-0.15, -0.1) is 11.3 Å². The molecule has 0 spiro atoms. The highest BCUT2D eigenvalue weighted by Gasteiger charge is 2.08. The van der Waals surface area contributed by atoms with Crippen molar-refractivity contribution in [1.29, 1.82) is 0 Å². The van der Waals surface area contributed by atoms with Gasteiger partial charge in [0.2, 0.25) is 0 Å². The van der Waals surface area contributed by atoms with Crippen LogP contribution in [0.5, 0.6) is 0 Å². The molecule has 2 aromatic heterocycles. The topological polar surface area (TPSA) is 17.8 Å². The van der Waals surface area contributed by atoms with Crippen molar-refractivity contribution in [1.82, 2.24) is 9.55 Å². The molecule has 0 N–H and O–H groups in total. The number of thiophene rings is 1. The van der Waals surface area contributed by atoms with E-state index in [2.05, 4.69) is 52.0 Å². The summed E-state index contributed by atoms with van der Waals surface area (Å²) < 4.78 is 4.72. The number of hydrogen-bond donors (Lipinski definition) is 0. The molecule has 0 unspecified atom stereocenters. The molecule has 2 nitrogen and oxygen atoms in total. The van der Waals surface area contributed by atoms with Gasteiger partial charge in [0.1, 0.15) is 0 Å². The van der Waals surface area contributed by atoms with E-state index in [9.17, 15) is 0 Å². The monoisotopic (exact) mass is 250 g/mol. The molecule has 18 heavy (non-hydrogen) atoms. The molecule has 0 bridgehead atoms. The SMILES string of the molecule is c1ccc2c(c1)sc1c(-n3ccnc3)cccc12. The Hall–Kier alpha value is -2.13. The molecule has 0 saturated heterocycles. The summed E-state index contributed by atoms with van der Waals surface area (Å²) in [6.45, 7) is 0. The van der Waals surface area contributed by atoms with Crippen LogP contribution in [0.25, 0.3) is 25.9 Å². The van der Waals surface area contributed by atoms with E-state index in [1.807, 2.05) is 30.1 Å². The molecule has 0 radical (unpaired) electrons. The third kappa shape index (κ3) is 1.31. The molecule has 2 heterocycles. The van der Waals surface area contributed by atoms with E-state index < -0.39 is 0 Å². The fourth-order valence-electron chi connectivity index (χ4n) is 2.34. The van der Waals surface area contributed by atoms with Crippen LogP contribution < -0.4 is 0 Å². The van der Waals surface area contributed by atoms with E-state index in [1.54, 1.807) is 0 Å². The Morgan fingerprint density at radius 1 is 0.944 bits per heavy atom. The van der Waals surface area contributed by atoms with Gasteiger partial charge in [-0.25, -0.2) is 4.98 Å². The average Bonchev–Trinajstić information content (AvgIpc) is 3.05. The van der Waals surface area contributed by atoms with Gasteiger partial charge in [-0.1, -0.05) is 30.3 Å². The molecule has 0 atom stereocenters. The summed E-state index contributed by atoms with van der Waals surface area (Å²) in [5, 5.41) is 2.65. The van der Waals surface area contributed by atoms with Gasteiger partial charge in [0.05, 0.1) is 16.7 Å². The first-order chi connectivity index (χ1) is 8.93. The summed E-state index contributed by atoms with van der Waals surface area (Å²) >= 11 is 1.84. The molecular weight excluding hydrogens is 240 g/mol. The lowest BCUT2D eigenvalue weighted by atomic mass is 10.1. The van der Waals surface area contributed by atoms with Crippen LogP contribution in [0.4, 0.5) is 0 Å². The summed E-state index contributed by atoms with van der Waals surface area (Å²) in [7, 11) is 0. The van der Waals surface area contributed by atoms with Crippen molar-refractivity contribution in [2.75, 3.05) is 0 Å². The van der Waals surface area contributed by atoms with Gasteiger partial charge < -0.3 is 4.57 Å². The standard InChI is InChI=1S/C15H10N2S/c1-2-7-14-11(4-1)12-5-3-6-13(15(12)18-14)17-9-8-16-10-17/h1-10H. The van der Waals surface area contributed by atoms with Gasteiger partial charge in [0.25, 0.3) is 0 Å². The molecule has 4 rings (SSSR count). The minimum Gasteiger partial charge on any atom is -0.305 e. The van der Waals surface area contributed by atoms with Crippen LogP contribution in [0.15, 0.2) is 61.2 Å². The number of fused-ring (bicyclic) bond motifs is 3. The van der Waals surface area contributed by atoms with Crippen molar-refractivity contribution >= 4 is 31.5 Å². The smallest absolute Gasteiger partial charge is 0.0992 e. The quantitative estimate of drug-likeness (QED) is 0.494. The molecule has 4 aromatic rings. The zero-order valence-electron chi connectivity index (χ0n) is 9.58. The Balaban J connectivity index is 2.17. The second-order valence-electron chi connectivity index (χ2n) is 4.22. The zero-order valence-corrected chi connectivity index (χ0v) is 10.4. The van der Waals surface area contributed by atoms with Gasteiger partial charge in [-0.05, 0) is 12.1 Å². The minimum atomic E-state index is 1.20. The first-order valence-electron chi connectivity index (χ1n) is 5.82. The van der Waals surface area contributed by atoms with Crippen LogP contribution in [0.2, 0.25) is 0 Å². The zero-order chi connectivity index (χ0) is 11.9. The predicted octanol–water partition coefficient (Wildman–Crippen LogP) is 4.24. The highest BCUT2D eigenvalue weighted by molar-refractivity contribution is 7.26. The van der Waals surface area contributed by atoms with E-state index >= 15 is 0 Å². The Bertz CT molecular complexity index is 828. The Labute approximate surface area is 108 Å². The summed E-state index contributed by atoms with van der Waals surface area (Å²) in [6.07, 6.45) is 5.64. The van der Waals surface area contributed by atoms with Crippen molar-refractivity contribution in [2.24, 2.45) is 0 Å². The molecule has 86 valence electrons. The number of hydrogen-bond acceptors (Lipinski definition) is 2. The molecule has 0 aliphatic carbocycles. The third-order valence-electron chi connectivity index (χ3n) is 3.17. The van der Waals surface area contributed by atoms with E-state index in [4.69, 9.17) is 0 Å². The highest BCUT2D eigenvalue weighted by Crippen LogP contribution is 2.36. The highest BCUT2D eigenvalue weighted by atomic mass is 32.1. The van der Waals surface area contributed by atoms with Crippen LogP contribution in [-0.2, 0) is 0 Å². The predicted molar refractivity (Wildman–Crippen MR) is 76.5 cm³/mol. The third-order valence-corrected chi connectivity index (χ3v) is 4.38. The van der Waals surface area contributed by atoms with Gasteiger partial charge in [-0.3, -0.25) is 0 Å². The van der Waals surface area contributed by atoms with Gasteiger partial charge in [-0.2, -0.15) is 0 Å². The van der Waals surface area contributed by atoms with Crippen LogP contribution >= 0.6 is 11.3 Å². The lowest BCUT2D eigenvalue weighted by molar-refractivity contribution is 1.07. The number of imidazole rings is 1. The lowest BCUT2D eigenvalue weighted by Gasteiger charge is -2.02. The van der Waals surface area contributed by atoms with Crippen molar-refractivity contribution in [2.45, 2.75) is 0 Å². The fraction of sp³-hybridized carbons (Fsp3) is 0. The maximum atomic E-state index is 4.13. The molecule has 0 aliphatic heterocycles. The van der Waals surface area contributed by atoms with Crippen LogP contribution in [0.3, 0.4) is 0 Å². The van der Waals surface area contributed by atoms with Gasteiger partial charge in [0.15, 0.2) is 0 Å². The van der Waals surface area contributed by atoms with E-state index in [-0.39, 0.29) is 0 Å². The molecule has 0 amide bonds. The van der Waals surface area contributed by atoms with Gasteiger partial charge >= 0.3 is 0 Å². The molecule has 0 aliphatic rings. The van der Waals surface area contributed by atoms with E-state index in [1.165, 1.54) is 25.9 Å². The Morgan fingerprint density at radius 3 is 2.72 bits per heavy atom. The first kappa shape index (κ1) is 9.85. The fourth-order valence-corrected chi connectivity index (χ4v) is 3.56. The Morgan fingerprint density at radius 2 is 1.83 bits per heavy atom. The first-order valence-corrected chi connectivity index (χ1v) is 6.64.